The molecule has 9 nitrogen and oxygen atoms in total. The van der Waals surface area contributed by atoms with Gasteiger partial charge in [-0.2, -0.15) is 10.1 Å². The minimum Gasteiger partial charge on any atom is -0.381 e. The molecule has 10 heteroatoms. The van der Waals surface area contributed by atoms with Gasteiger partial charge in [0.2, 0.25) is 5.89 Å². The smallest absolute Gasteiger partial charge is 0.259 e. The first-order chi connectivity index (χ1) is 19.0. The van der Waals surface area contributed by atoms with Crippen LogP contribution >= 0.6 is 11.6 Å². The van der Waals surface area contributed by atoms with Crippen LogP contribution in [0.25, 0.3) is 5.65 Å². The summed E-state index contributed by atoms with van der Waals surface area (Å²) in [6, 6.07) is 7.83. The Labute approximate surface area is 232 Å². The summed E-state index contributed by atoms with van der Waals surface area (Å²) in [6.07, 6.45) is 6.80. The van der Waals surface area contributed by atoms with Crippen molar-refractivity contribution >= 4 is 23.2 Å². The summed E-state index contributed by atoms with van der Waals surface area (Å²) >= 11 is 6.42. The summed E-state index contributed by atoms with van der Waals surface area (Å²) in [4.78, 5) is 25.1. The van der Waals surface area contributed by atoms with Crippen molar-refractivity contribution in [2.45, 2.75) is 58.3 Å². The van der Waals surface area contributed by atoms with Gasteiger partial charge < -0.3 is 14.2 Å². The van der Waals surface area contributed by atoms with Gasteiger partial charge in [0.15, 0.2) is 11.5 Å². The van der Waals surface area contributed by atoms with Crippen LogP contribution in [-0.4, -0.2) is 61.8 Å². The van der Waals surface area contributed by atoms with Crippen molar-refractivity contribution < 1.29 is 14.1 Å². The fourth-order valence-corrected chi connectivity index (χ4v) is 6.06. The average Bonchev–Trinajstić information content (AvgIpc) is 3.60. The maximum atomic E-state index is 13.7. The SMILES string of the molecule is Cc1nc2c(C(=O)N3CCCC(Cc4nc(C5CCOCC5)no4)C3)cnn2c(C)c1Cc1ccccc1Cl. The maximum Gasteiger partial charge on any atom is 0.259 e. The highest BCUT2D eigenvalue weighted by molar-refractivity contribution is 6.31. The van der Waals surface area contributed by atoms with E-state index in [0.29, 0.717) is 49.0 Å². The second-order valence-corrected chi connectivity index (χ2v) is 11.1. The lowest BCUT2D eigenvalue weighted by atomic mass is 9.94. The Morgan fingerprint density at radius 2 is 1.95 bits per heavy atom. The van der Waals surface area contributed by atoms with Gasteiger partial charge in [-0.25, -0.2) is 9.50 Å². The van der Waals surface area contributed by atoms with Crippen LogP contribution in [0.3, 0.4) is 0 Å². The molecule has 1 atom stereocenters. The van der Waals surface area contributed by atoms with Crippen LogP contribution in [0.1, 0.15) is 76.2 Å². The first kappa shape index (κ1) is 26.0. The minimum absolute atomic E-state index is 0.0340. The van der Waals surface area contributed by atoms with Gasteiger partial charge in [-0.15, -0.1) is 0 Å². The highest BCUT2D eigenvalue weighted by Gasteiger charge is 2.29. The van der Waals surface area contributed by atoms with Crippen LogP contribution in [0.15, 0.2) is 35.0 Å². The molecule has 0 saturated carbocycles. The van der Waals surface area contributed by atoms with E-state index in [1.54, 1.807) is 10.7 Å². The zero-order valence-electron chi connectivity index (χ0n) is 22.4. The molecule has 0 N–H and O–H groups in total. The number of amides is 1. The second-order valence-electron chi connectivity index (χ2n) is 10.7. The number of hydrogen-bond acceptors (Lipinski definition) is 7. The summed E-state index contributed by atoms with van der Waals surface area (Å²) in [7, 11) is 0. The average molecular weight is 549 g/mol. The molecule has 2 aliphatic heterocycles. The molecular formula is C29H33ClN6O3. The van der Waals surface area contributed by atoms with E-state index in [1.165, 1.54) is 0 Å². The lowest BCUT2D eigenvalue weighted by Gasteiger charge is -2.32. The molecule has 2 saturated heterocycles. The third-order valence-corrected chi connectivity index (χ3v) is 8.47. The van der Waals surface area contributed by atoms with Gasteiger partial charge in [0, 0.05) is 61.5 Å². The lowest BCUT2D eigenvalue weighted by Crippen LogP contribution is -2.40. The monoisotopic (exact) mass is 548 g/mol. The summed E-state index contributed by atoms with van der Waals surface area (Å²) in [6.45, 7) is 6.85. The van der Waals surface area contributed by atoms with E-state index in [0.717, 1.165) is 72.3 Å². The van der Waals surface area contributed by atoms with Crippen molar-refractivity contribution in [1.82, 2.24) is 29.6 Å². The molecular weight excluding hydrogens is 516 g/mol. The van der Waals surface area contributed by atoms with E-state index >= 15 is 0 Å². The zero-order valence-corrected chi connectivity index (χ0v) is 23.2. The highest BCUT2D eigenvalue weighted by atomic mass is 35.5. The number of carbonyl (C=O) groups excluding carboxylic acids is 1. The topological polar surface area (TPSA) is 98.7 Å². The number of rotatable bonds is 6. The third-order valence-electron chi connectivity index (χ3n) is 8.10. The Kier molecular flexibility index (Phi) is 7.36. The van der Waals surface area contributed by atoms with Gasteiger partial charge in [-0.1, -0.05) is 35.0 Å². The molecule has 3 aromatic heterocycles. The number of ether oxygens (including phenoxy) is 1. The molecule has 2 fully saturated rings. The standard InChI is InChI=1S/C29H33ClN6O3/c1-18-23(15-22-7-3-4-8-25(22)30)19(2)36-28(32-18)24(16-31-36)29(37)35-11-5-6-20(17-35)14-26-33-27(34-39-26)21-9-12-38-13-10-21/h3-4,7-8,16,20-21H,5-6,9-15,17H2,1-2H3. The molecule has 1 amide bonds. The van der Waals surface area contributed by atoms with Gasteiger partial charge in [0.25, 0.3) is 5.91 Å². The molecule has 39 heavy (non-hydrogen) atoms. The summed E-state index contributed by atoms with van der Waals surface area (Å²) in [5.74, 6) is 1.99. The third kappa shape index (κ3) is 5.30. The number of nitrogens with zero attached hydrogens (tertiary/aromatic N) is 6. The largest absolute Gasteiger partial charge is 0.381 e. The van der Waals surface area contributed by atoms with Crippen molar-refractivity contribution in [3.8, 4) is 0 Å². The molecule has 1 aromatic carbocycles. The van der Waals surface area contributed by atoms with E-state index in [1.807, 2.05) is 43.0 Å². The normalized spacial score (nSPS) is 18.6. The molecule has 0 spiro atoms. The van der Waals surface area contributed by atoms with Crippen molar-refractivity contribution in [2.24, 2.45) is 5.92 Å². The molecule has 5 heterocycles. The Balaban J connectivity index is 1.17. The molecule has 4 aromatic rings. The molecule has 0 aliphatic carbocycles. The lowest BCUT2D eigenvalue weighted by molar-refractivity contribution is 0.0669. The number of hydrogen-bond donors (Lipinski definition) is 0. The second kappa shape index (κ2) is 11.1. The first-order valence-corrected chi connectivity index (χ1v) is 14.1. The maximum absolute atomic E-state index is 13.7. The number of benzene rings is 1. The molecule has 0 radical (unpaired) electrons. The number of aromatic nitrogens is 5. The van der Waals surface area contributed by atoms with Crippen LogP contribution in [0.5, 0.6) is 0 Å². The predicted molar refractivity (Wildman–Crippen MR) is 146 cm³/mol. The van der Waals surface area contributed by atoms with E-state index in [4.69, 9.17) is 25.8 Å². The summed E-state index contributed by atoms with van der Waals surface area (Å²) in [5, 5.41) is 9.53. The number of carbonyl (C=O) groups is 1. The molecule has 6 rings (SSSR count). The van der Waals surface area contributed by atoms with Crippen LogP contribution in [0.2, 0.25) is 5.02 Å². The number of fused-ring (bicyclic) bond motifs is 1. The molecule has 2 aliphatic rings. The van der Waals surface area contributed by atoms with E-state index in [2.05, 4.69) is 15.2 Å². The fraction of sp³-hybridized carbons (Fsp3) is 0.483. The predicted octanol–water partition coefficient (Wildman–Crippen LogP) is 4.96. The molecule has 0 bridgehead atoms. The van der Waals surface area contributed by atoms with Crippen molar-refractivity contribution in [1.29, 1.82) is 0 Å². The fourth-order valence-electron chi connectivity index (χ4n) is 5.86. The van der Waals surface area contributed by atoms with Gasteiger partial charge in [0.05, 0.1) is 6.20 Å². The van der Waals surface area contributed by atoms with Crippen LogP contribution in [-0.2, 0) is 17.6 Å². The van der Waals surface area contributed by atoms with Crippen LogP contribution in [0.4, 0.5) is 0 Å². The van der Waals surface area contributed by atoms with Gasteiger partial charge in [0.1, 0.15) is 5.56 Å². The minimum atomic E-state index is -0.0340. The van der Waals surface area contributed by atoms with Crippen molar-refractivity contribution in [2.75, 3.05) is 26.3 Å². The van der Waals surface area contributed by atoms with Gasteiger partial charge in [-0.05, 0) is 62.6 Å². The number of halogens is 1. The van der Waals surface area contributed by atoms with Crippen LogP contribution in [0, 0.1) is 19.8 Å². The van der Waals surface area contributed by atoms with Gasteiger partial charge in [-0.3, -0.25) is 4.79 Å². The first-order valence-electron chi connectivity index (χ1n) is 13.7. The summed E-state index contributed by atoms with van der Waals surface area (Å²) < 4.78 is 12.8. The van der Waals surface area contributed by atoms with E-state index in [9.17, 15) is 4.79 Å². The van der Waals surface area contributed by atoms with E-state index in [-0.39, 0.29) is 11.8 Å². The summed E-state index contributed by atoms with van der Waals surface area (Å²) in [5.41, 5.74) is 5.07. The van der Waals surface area contributed by atoms with Gasteiger partial charge >= 0.3 is 0 Å². The number of likely N-dealkylation sites (tertiary alicyclic amines) is 1. The molecule has 1 unspecified atom stereocenters. The van der Waals surface area contributed by atoms with Crippen molar-refractivity contribution in [3.63, 3.8) is 0 Å². The van der Waals surface area contributed by atoms with E-state index < -0.39 is 0 Å². The van der Waals surface area contributed by atoms with Crippen molar-refractivity contribution in [3.05, 3.63) is 75.3 Å². The highest BCUT2D eigenvalue weighted by Crippen LogP contribution is 2.28. The Hall–Kier alpha value is -3.30. The number of piperidine rings is 1. The zero-order chi connectivity index (χ0) is 26.9. The molecule has 204 valence electrons. The van der Waals surface area contributed by atoms with Crippen LogP contribution < -0.4 is 0 Å². The Bertz CT molecular complexity index is 1490. The number of aryl methyl sites for hydroxylation is 2. The Morgan fingerprint density at radius 1 is 1.13 bits per heavy atom. The quantitative estimate of drug-likeness (QED) is 0.336. The Morgan fingerprint density at radius 3 is 2.77 bits per heavy atom.